The average molecular weight is 467 g/mol. The first-order valence-corrected chi connectivity index (χ1v) is 11.5. The highest BCUT2D eigenvalue weighted by atomic mass is 35.5. The Morgan fingerprint density at radius 1 is 1.13 bits per heavy atom. The Morgan fingerprint density at radius 3 is 2.71 bits per heavy atom. The van der Waals surface area contributed by atoms with Crippen molar-refractivity contribution in [2.45, 2.75) is 25.9 Å². The molecule has 0 saturated heterocycles. The van der Waals surface area contributed by atoms with Crippen LogP contribution in [0.5, 0.6) is 11.5 Å². The molecule has 1 aromatic heterocycles. The third-order valence-corrected chi connectivity index (χ3v) is 5.99. The predicted octanol–water partition coefficient (Wildman–Crippen LogP) is 3.50. The zero-order valence-corrected chi connectivity index (χ0v) is 19.1. The van der Waals surface area contributed by atoms with Crippen molar-refractivity contribution in [3.8, 4) is 11.5 Å². The summed E-state index contributed by atoms with van der Waals surface area (Å²) in [6.07, 6.45) is 0.891. The number of methoxy groups -OCH3 is 1. The number of hydrogen-bond donors (Lipinski definition) is 0. The number of benzene rings is 1. The molecule has 2 aromatic rings. The van der Waals surface area contributed by atoms with Gasteiger partial charge in [0, 0.05) is 37.4 Å². The van der Waals surface area contributed by atoms with Gasteiger partial charge in [-0.1, -0.05) is 12.1 Å². The van der Waals surface area contributed by atoms with E-state index in [0.717, 1.165) is 10.4 Å². The highest BCUT2D eigenvalue weighted by Gasteiger charge is 2.23. The summed E-state index contributed by atoms with van der Waals surface area (Å²) in [5, 5.41) is 1.99. The van der Waals surface area contributed by atoms with Gasteiger partial charge in [0.25, 0.3) is 0 Å². The molecule has 1 aliphatic heterocycles. The van der Waals surface area contributed by atoms with E-state index in [2.05, 4.69) is 0 Å². The second-order valence-corrected chi connectivity index (χ2v) is 8.53. The smallest absolute Gasteiger partial charge is 0.242 e. The van der Waals surface area contributed by atoms with Gasteiger partial charge in [-0.2, -0.15) is 0 Å². The molecule has 7 nitrogen and oxygen atoms in total. The van der Waals surface area contributed by atoms with E-state index in [1.165, 1.54) is 0 Å². The number of carbonyl (C=O) groups is 2. The maximum atomic E-state index is 13.3. The largest absolute Gasteiger partial charge is 0.454 e. The molecule has 9 heteroatoms. The van der Waals surface area contributed by atoms with Crippen molar-refractivity contribution in [1.29, 1.82) is 0 Å². The quantitative estimate of drug-likeness (QED) is 0.448. The standard InChI is InChI=1S/C22H27ClN2O5S/c1-28-10-9-24(21(26)5-2-8-23)15-22(27)25(14-18-4-3-11-31-18)13-17-6-7-19-20(12-17)30-16-29-19/h3-4,6-7,11-12H,2,5,8-10,13-16H2,1H3. The van der Waals surface area contributed by atoms with Gasteiger partial charge in [0.1, 0.15) is 0 Å². The maximum absolute atomic E-state index is 13.3. The Labute approximate surface area is 191 Å². The Balaban J connectivity index is 1.73. The van der Waals surface area contributed by atoms with Gasteiger partial charge in [-0.3, -0.25) is 9.59 Å². The van der Waals surface area contributed by atoms with Crippen molar-refractivity contribution >= 4 is 34.8 Å². The molecule has 168 valence electrons. The minimum absolute atomic E-state index is 0.000403. The summed E-state index contributed by atoms with van der Waals surface area (Å²) in [6, 6.07) is 9.64. The first-order chi connectivity index (χ1) is 15.1. The molecule has 0 radical (unpaired) electrons. The Hall–Kier alpha value is -2.29. The van der Waals surface area contributed by atoms with Crippen molar-refractivity contribution in [3.05, 3.63) is 46.2 Å². The number of fused-ring (bicyclic) bond motifs is 1. The van der Waals surface area contributed by atoms with Crippen molar-refractivity contribution in [1.82, 2.24) is 9.80 Å². The number of rotatable bonds is 12. The fourth-order valence-corrected chi connectivity index (χ4v) is 4.07. The van der Waals surface area contributed by atoms with Crippen molar-refractivity contribution in [2.24, 2.45) is 0 Å². The van der Waals surface area contributed by atoms with E-state index < -0.39 is 0 Å². The van der Waals surface area contributed by atoms with Crippen LogP contribution >= 0.6 is 22.9 Å². The van der Waals surface area contributed by atoms with E-state index in [1.807, 2.05) is 35.7 Å². The molecular formula is C22H27ClN2O5S. The minimum atomic E-state index is -0.124. The Morgan fingerprint density at radius 2 is 1.97 bits per heavy atom. The van der Waals surface area contributed by atoms with Gasteiger partial charge in [-0.25, -0.2) is 0 Å². The van der Waals surface area contributed by atoms with E-state index in [4.69, 9.17) is 25.8 Å². The monoisotopic (exact) mass is 466 g/mol. The van der Waals surface area contributed by atoms with Crippen LogP contribution in [-0.4, -0.2) is 61.1 Å². The fourth-order valence-electron chi connectivity index (χ4n) is 3.22. The van der Waals surface area contributed by atoms with Crippen LogP contribution in [0.2, 0.25) is 0 Å². The highest BCUT2D eigenvalue weighted by molar-refractivity contribution is 7.09. The number of halogens is 1. The summed E-state index contributed by atoms with van der Waals surface area (Å²) < 4.78 is 16.0. The third kappa shape index (κ3) is 6.85. The van der Waals surface area contributed by atoms with Crippen LogP contribution in [0.3, 0.4) is 0 Å². The molecule has 0 fully saturated rings. The highest BCUT2D eigenvalue weighted by Crippen LogP contribution is 2.33. The molecule has 0 bridgehead atoms. The van der Waals surface area contributed by atoms with Crippen LogP contribution in [-0.2, 0) is 27.4 Å². The molecule has 0 N–H and O–H groups in total. The third-order valence-electron chi connectivity index (χ3n) is 4.86. The molecule has 0 atom stereocenters. The molecule has 1 aromatic carbocycles. The minimum Gasteiger partial charge on any atom is -0.454 e. The summed E-state index contributed by atoms with van der Waals surface area (Å²) in [5.74, 6) is 1.58. The number of carbonyl (C=O) groups excluding carboxylic acids is 2. The van der Waals surface area contributed by atoms with E-state index in [-0.39, 0.29) is 25.2 Å². The van der Waals surface area contributed by atoms with Crippen LogP contribution in [0, 0.1) is 0 Å². The molecule has 0 spiro atoms. The van der Waals surface area contributed by atoms with Gasteiger partial charge < -0.3 is 24.0 Å². The lowest BCUT2D eigenvalue weighted by atomic mass is 10.2. The Bertz CT molecular complexity index is 862. The first-order valence-electron chi connectivity index (χ1n) is 10.1. The van der Waals surface area contributed by atoms with Crippen molar-refractivity contribution in [3.63, 3.8) is 0 Å². The van der Waals surface area contributed by atoms with Crippen molar-refractivity contribution in [2.75, 3.05) is 39.5 Å². The lowest BCUT2D eigenvalue weighted by molar-refractivity contribution is -0.141. The Kier molecular flexibility index (Phi) is 8.99. The first kappa shape index (κ1) is 23.4. The number of thiophene rings is 1. The molecule has 3 rings (SSSR count). The summed E-state index contributed by atoms with van der Waals surface area (Å²) in [6.45, 7) is 1.81. The molecule has 31 heavy (non-hydrogen) atoms. The lowest BCUT2D eigenvalue weighted by Crippen LogP contribution is -2.43. The lowest BCUT2D eigenvalue weighted by Gasteiger charge is -2.27. The topological polar surface area (TPSA) is 68.3 Å². The number of ether oxygens (including phenoxy) is 3. The second kappa shape index (κ2) is 11.9. The van der Waals surface area contributed by atoms with Crippen LogP contribution < -0.4 is 9.47 Å². The summed E-state index contributed by atoms with van der Waals surface area (Å²) in [4.78, 5) is 30.2. The summed E-state index contributed by atoms with van der Waals surface area (Å²) in [5.41, 5.74) is 0.936. The summed E-state index contributed by atoms with van der Waals surface area (Å²) in [7, 11) is 1.58. The maximum Gasteiger partial charge on any atom is 0.242 e. The number of nitrogens with zero attached hydrogens (tertiary/aromatic N) is 2. The van der Waals surface area contributed by atoms with E-state index in [9.17, 15) is 9.59 Å². The van der Waals surface area contributed by atoms with Gasteiger partial charge >= 0.3 is 0 Å². The molecule has 2 amide bonds. The van der Waals surface area contributed by atoms with Crippen LogP contribution in [0.25, 0.3) is 0 Å². The molecule has 1 aliphatic rings. The van der Waals surface area contributed by atoms with Gasteiger partial charge in [0.05, 0.1) is 19.7 Å². The molecule has 0 aliphatic carbocycles. The molecule has 2 heterocycles. The molecule has 0 saturated carbocycles. The van der Waals surface area contributed by atoms with E-state index >= 15 is 0 Å². The van der Waals surface area contributed by atoms with E-state index in [1.54, 1.807) is 28.2 Å². The number of amides is 2. The normalized spacial score (nSPS) is 12.1. The van der Waals surface area contributed by atoms with Gasteiger partial charge in [0.2, 0.25) is 18.6 Å². The number of alkyl halides is 1. The van der Waals surface area contributed by atoms with Crippen LogP contribution in [0.1, 0.15) is 23.3 Å². The summed E-state index contributed by atoms with van der Waals surface area (Å²) >= 11 is 7.33. The fraction of sp³-hybridized carbons (Fsp3) is 0.455. The zero-order chi connectivity index (χ0) is 22.1. The second-order valence-electron chi connectivity index (χ2n) is 7.12. The van der Waals surface area contributed by atoms with Gasteiger partial charge in [-0.05, 0) is 35.6 Å². The van der Waals surface area contributed by atoms with E-state index in [0.29, 0.717) is 56.5 Å². The van der Waals surface area contributed by atoms with Gasteiger partial charge in [0.15, 0.2) is 11.5 Å². The molecule has 0 unspecified atom stereocenters. The van der Waals surface area contributed by atoms with Crippen LogP contribution in [0.4, 0.5) is 0 Å². The van der Waals surface area contributed by atoms with Crippen LogP contribution in [0.15, 0.2) is 35.7 Å². The van der Waals surface area contributed by atoms with Crippen molar-refractivity contribution < 1.29 is 23.8 Å². The SMILES string of the molecule is COCCN(CC(=O)N(Cc1ccc2c(c1)OCO2)Cc1cccs1)C(=O)CCCCl. The molecular weight excluding hydrogens is 440 g/mol. The number of hydrogen-bond acceptors (Lipinski definition) is 6. The van der Waals surface area contributed by atoms with Gasteiger partial charge in [-0.15, -0.1) is 22.9 Å². The predicted molar refractivity (Wildman–Crippen MR) is 120 cm³/mol. The average Bonchev–Trinajstić information content (AvgIpc) is 3.45. The zero-order valence-electron chi connectivity index (χ0n) is 17.5.